The SMILES string of the molecule is CCCn1ncnc1Cn1c(=O)c(I)cn(CC)c1=O. The number of hydrogen-bond acceptors (Lipinski definition) is 4. The zero-order chi connectivity index (χ0) is 14.7. The molecule has 0 atom stereocenters. The summed E-state index contributed by atoms with van der Waals surface area (Å²) in [5.41, 5.74) is -0.602. The van der Waals surface area contributed by atoms with Crippen molar-refractivity contribution in [2.24, 2.45) is 0 Å². The predicted molar refractivity (Wildman–Crippen MR) is 82.8 cm³/mol. The van der Waals surface area contributed by atoms with Gasteiger partial charge in [0.05, 0.1) is 10.1 Å². The first-order valence-electron chi connectivity index (χ1n) is 6.44. The molecule has 2 heterocycles. The fraction of sp³-hybridized carbons (Fsp3) is 0.500. The summed E-state index contributed by atoms with van der Waals surface area (Å²) in [6.07, 6.45) is 3.94. The molecule has 0 saturated heterocycles. The van der Waals surface area contributed by atoms with Crippen molar-refractivity contribution < 1.29 is 0 Å². The normalized spacial score (nSPS) is 10.9. The summed E-state index contributed by atoms with van der Waals surface area (Å²) in [5.74, 6) is 0.621. The molecule has 2 aromatic heterocycles. The van der Waals surface area contributed by atoms with Gasteiger partial charge in [0.1, 0.15) is 12.2 Å². The molecule has 0 radical (unpaired) electrons. The minimum absolute atomic E-state index is 0.147. The summed E-state index contributed by atoms with van der Waals surface area (Å²) in [7, 11) is 0. The Bertz CT molecular complexity index is 715. The molecule has 0 fully saturated rings. The van der Waals surface area contributed by atoms with E-state index in [1.807, 2.05) is 36.4 Å². The summed E-state index contributed by atoms with van der Waals surface area (Å²) < 4.78 is 4.97. The maximum atomic E-state index is 12.2. The van der Waals surface area contributed by atoms with Gasteiger partial charge >= 0.3 is 5.69 Å². The van der Waals surface area contributed by atoms with Crippen LogP contribution in [-0.2, 0) is 19.6 Å². The summed E-state index contributed by atoms with van der Waals surface area (Å²) >= 11 is 1.95. The Labute approximate surface area is 129 Å². The first-order valence-corrected chi connectivity index (χ1v) is 7.52. The van der Waals surface area contributed by atoms with Gasteiger partial charge in [-0.25, -0.2) is 14.5 Å². The predicted octanol–water partition coefficient (Wildman–Crippen LogP) is 0.684. The van der Waals surface area contributed by atoms with Gasteiger partial charge in [-0.3, -0.25) is 13.9 Å². The number of hydrogen-bond donors (Lipinski definition) is 0. The first kappa shape index (κ1) is 14.9. The molecule has 0 aliphatic carbocycles. The maximum Gasteiger partial charge on any atom is 0.331 e. The zero-order valence-electron chi connectivity index (χ0n) is 11.4. The molecule has 108 valence electrons. The average molecular weight is 389 g/mol. The highest BCUT2D eigenvalue weighted by Crippen LogP contribution is 1.99. The molecule has 2 rings (SSSR count). The first-order chi connectivity index (χ1) is 9.58. The van der Waals surface area contributed by atoms with E-state index in [1.54, 1.807) is 10.9 Å². The molecule has 0 amide bonds. The third kappa shape index (κ3) is 2.84. The molecule has 8 heteroatoms. The van der Waals surface area contributed by atoms with Crippen molar-refractivity contribution >= 4 is 22.6 Å². The highest BCUT2D eigenvalue weighted by atomic mass is 127. The van der Waals surface area contributed by atoms with Crippen molar-refractivity contribution in [2.45, 2.75) is 39.9 Å². The molecule has 0 saturated carbocycles. The summed E-state index contributed by atoms with van der Waals surface area (Å²) in [4.78, 5) is 28.5. The van der Waals surface area contributed by atoms with Crippen LogP contribution in [0.3, 0.4) is 0 Å². The van der Waals surface area contributed by atoms with Crippen LogP contribution in [-0.4, -0.2) is 23.9 Å². The molecule has 7 nitrogen and oxygen atoms in total. The Morgan fingerprint density at radius 2 is 2.05 bits per heavy atom. The van der Waals surface area contributed by atoms with Crippen molar-refractivity contribution in [1.82, 2.24) is 23.9 Å². The average Bonchev–Trinajstić information content (AvgIpc) is 2.86. The summed E-state index contributed by atoms with van der Waals surface area (Å²) in [6, 6.07) is 0. The highest BCUT2D eigenvalue weighted by Gasteiger charge is 2.12. The van der Waals surface area contributed by atoms with Crippen LogP contribution in [0, 0.1) is 3.57 Å². The number of halogens is 1. The lowest BCUT2D eigenvalue weighted by molar-refractivity contribution is 0.526. The van der Waals surface area contributed by atoms with Crippen molar-refractivity contribution in [3.8, 4) is 0 Å². The summed E-state index contributed by atoms with van der Waals surface area (Å²) in [6.45, 7) is 5.29. The molecule has 0 N–H and O–H groups in total. The van der Waals surface area contributed by atoms with Crippen LogP contribution in [0.25, 0.3) is 0 Å². The van der Waals surface area contributed by atoms with Gasteiger partial charge < -0.3 is 0 Å². The quantitative estimate of drug-likeness (QED) is 0.706. The van der Waals surface area contributed by atoms with E-state index in [-0.39, 0.29) is 17.8 Å². The van der Waals surface area contributed by atoms with Crippen LogP contribution in [0.15, 0.2) is 22.1 Å². The van der Waals surface area contributed by atoms with E-state index in [0.717, 1.165) is 13.0 Å². The van der Waals surface area contributed by atoms with Crippen LogP contribution in [0.2, 0.25) is 0 Å². The molecule has 0 aliphatic heterocycles. The Morgan fingerprint density at radius 3 is 2.70 bits per heavy atom. The van der Waals surface area contributed by atoms with Crippen LogP contribution < -0.4 is 11.2 Å². The maximum absolute atomic E-state index is 12.2. The fourth-order valence-corrected chi connectivity index (χ4v) is 2.56. The Kier molecular flexibility index (Phi) is 4.73. The largest absolute Gasteiger partial charge is 0.331 e. The van der Waals surface area contributed by atoms with E-state index in [1.165, 1.54) is 15.5 Å². The minimum Gasteiger partial charge on any atom is -0.300 e. The van der Waals surface area contributed by atoms with Crippen LogP contribution in [0.5, 0.6) is 0 Å². The number of rotatable bonds is 5. The van der Waals surface area contributed by atoms with Gasteiger partial charge in [-0.15, -0.1) is 0 Å². The second kappa shape index (κ2) is 6.33. The number of aryl methyl sites for hydroxylation is 2. The molecule has 0 bridgehead atoms. The van der Waals surface area contributed by atoms with Crippen molar-refractivity contribution in [1.29, 1.82) is 0 Å². The monoisotopic (exact) mass is 389 g/mol. The molecule has 0 aliphatic rings. The van der Waals surface area contributed by atoms with Gasteiger partial charge in [-0.1, -0.05) is 6.92 Å². The van der Waals surface area contributed by atoms with Gasteiger partial charge in [0, 0.05) is 19.3 Å². The van der Waals surface area contributed by atoms with Gasteiger partial charge in [0.2, 0.25) is 0 Å². The lowest BCUT2D eigenvalue weighted by atomic mass is 10.4. The molecular formula is C12H16IN5O2. The van der Waals surface area contributed by atoms with Gasteiger partial charge in [-0.05, 0) is 35.9 Å². The lowest BCUT2D eigenvalue weighted by Gasteiger charge is -2.10. The van der Waals surface area contributed by atoms with E-state index in [4.69, 9.17) is 0 Å². The Hall–Kier alpha value is -1.45. The molecule has 20 heavy (non-hydrogen) atoms. The topological polar surface area (TPSA) is 74.7 Å². The second-order valence-corrected chi connectivity index (χ2v) is 5.50. The van der Waals surface area contributed by atoms with Gasteiger partial charge in [0.15, 0.2) is 0 Å². The van der Waals surface area contributed by atoms with Crippen molar-refractivity contribution in [3.05, 3.63) is 42.8 Å². The molecule has 0 aromatic carbocycles. The number of nitrogens with zero attached hydrogens (tertiary/aromatic N) is 5. The molecule has 0 unspecified atom stereocenters. The van der Waals surface area contributed by atoms with E-state index < -0.39 is 0 Å². The van der Waals surface area contributed by atoms with Crippen molar-refractivity contribution in [3.63, 3.8) is 0 Å². The van der Waals surface area contributed by atoms with Gasteiger partial charge in [0.25, 0.3) is 5.56 Å². The molecular weight excluding hydrogens is 373 g/mol. The summed E-state index contributed by atoms with van der Waals surface area (Å²) in [5, 5.41) is 4.11. The van der Waals surface area contributed by atoms with Gasteiger partial charge in [-0.2, -0.15) is 5.10 Å². The second-order valence-electron chi connectivity index (χ2n) is 4.34. The highest BCUT2D eigenvalue weighted by molar-refractivity contribution is 14.1. The number of aromatic nitrogens is 5. The minimum atomic E-state index is -0.316. The Morgan fingerprint density at radius 1 is 1.30 bits per heavy atom. The van der Waals surface area contributed by atoms with E-state index >= 15 is 0 Å². The van der Waals surface area contributed by atoms with E-state index in [9.17, 15) is 9.59 Å². The van der Waals surface area contributed by atoms with Crippen LogP contribution in [0.4, 0.5) is 0 Å². The lowest BCUT2D eigenvalue weighted by Crippen LogP contribution is -2.41. The van der Waals surface area contributed by atoms with Crippen LogP contribution >= 0.6 is 22.6 Å². The standard InChI is InChI=1S/C12H16IN5O2/c1-3-5-18-10(14-8-15-18)7-17-11(19)9(13)6-16(4-2)12(17)20/h6,8H,3-5,7H2,1-2H3. The zero-order valence-corrected chi connectivity index (χ0v) is 13.6. The molecule has 2 aromatic rings. The van der Waals surface area contributed by atoms with Crippen LogP contribution in [0.1, 0.15) is 26.1 Å². The fourth-order valence-electron chi connectivity index (χ4n) is 1.93. The van der Waals surface area contributed by atoms with E-state index in [2.05, 4.69) is 10.1 Å². The third-order valence-electron chi connectivity index (χ3n) is 2.97. The Balaban J connectivity index is 2.48. The third-order valence-corrected chi connectivity index (χ3v) is 3.71. The van der Waals surface area contributed by atoms with Crippen molar-refractivity contribution in [2.75, 3.05) is 0 Å². The molecule has 0 spiro atoms. The smallest absolute Gasteiger partial charge is 0.300 e. The van der Waals surface area contributed by atoms with E-state index in [0.29, 0.717) is 15.9 Å².